The summed E-state index contributed by atoms with van der Waals surface area (Å²) in [4.78, 5) is 11.0. The Bertz CT molecular complexity index is 393. The van der Waals surface area contributed by atoms with E-state index in [2.05, 4.69) is 6.58 Å². The highest BCUT2D eigenvalue weighted by Crippen LogP contribution is 2.13. The molecule has 0 aliphatic heterocycles. The van der Waals surface area contributed by atoms with E-state index in [0.717, 1.165) is 5.56 Å². The molecule has 0 heterocycles. The molecule has 0 saturated carbocycles. The van der Waals surface area contributed by atoms with Gasteiger partial charge in [0.1, 0.15) is 0 Å². The number of hydrogen-bond acceptors (Lipinski definition) is 2. The molecule has 0 saturated heterocycles. The maximum absolute atomic E-state index is 11.0. The van der Waals surface area contributed by atoms with Gasteiger partial charge in [-0.05, 0) is 18.1 Å². The predicted molar refractivity (Wildman–Crippen MR) is 62.9 cm³/mol. The summed E-state index contributed by atoms with van der Waals surface area (Å²) in [6.07, 6.45) is 2.17. The minimum absolute atomic E-state index is 0.0221. The summed E-state index contributed by atoms with van der Waals surface area (Å²) in [7, 11) is 0. The van der Waals surface area contributed by atoms with E-state index in [1.807, 2.05) is 18.2 Å². The van der Waals surface area contributed by atoms with Gasteiger partial charge in [-0.3, -0.25) is 0 Å². The fourth-order valence-electron chi connectivity index (χ4n) is 1.31. The molecule has 16 heavy (non-hydrogen) atoms. The van der Waals surface area contributed by atoms with Crippen LogP contribution in [-0.2, 0) is 4.79 Å². The molecule has 1 aromatic rings. The van der Waals surface area contributed by atoms with Gasteiger partial charge in [-0.25, -0.2) is 4.79 Å². The molecular weight excluding hydrogens is 204 g/mol. The average Bonchev–Trinajstić information content (AvgIpc) is 2.27. The Kier molecular flexibility index (Phi) is 4.48. The van der Waals surface area contributed by atoms with Crippen molar-refractivity contribution < 1.29 is 15.0 Å². The van der Waals surface area contributed by atoms with Gasteiger partial charge in [0, 0.05) is 0 Å². The van der Waals surface area contributed by atoms with Gasteiger partial charge >= 0.3 is 5.97 Å². The molecule has 0 amide bonds. The second-order valence-corrected chi connectivity index (χ2v) is 3.36. The highest BCUT2D eigenvalue weighted by molar-refractivity contribution is 5.93. The van der Waals surface area contributed by atoms with Crippen LogP contribution in [0.25, 0.3) is 6.08 Å². The quantitative estimate of drug-likeness (QED) is 0.587. The molecule has 0 bridgehead atoms. The second kappa shape index (κ2) is 5.88. The number of hydrogen-bond donors (Lipinski definition) is 2. The molecule has 0 fully saturated rings. The molecule has 84 valence electrons. The van der Waals surface area contributed by atoms with Crippen LogP contribution in [0.2, 0.25) is 0 Å². The van der Waals surface area contributed by atoms with Crippen LogP contribution in [0.1, 0.15) is 12.0 Å². The molecule has 0 aliphatic rings. The van der Waals surface area contributed by atoms with Gasteiger partial charge in [-0.15, -0.1) is 6.58 Å². The molecule has 1 rings (SSSR count). The fraction of sp³-hybridized carbons (Fsp3) is 0.154. The van der Waals surface area contributed by atoms with Crippen molar-refractivity contribution in [1.82, 2.24) is 0 Å². The van der Waals surface area contributed by atoms with Gasteiger partial charge in [0.25, 0.3) is 0 Å². The maximum Gasteiger partial charge on any atom is 0.334 e. The number of aliphatic carboxylic acids is 1. The largest absolute Gasteiger partial charge is 0.478 e. The number of aliphatic hydroxyl groups excluding tert-OH is 1. The lowest BCUT2D eigenvalue weighted by Gasteiger charge is -2.08. The van der Waals surface area contributed by atoms with Crippen molar-refractivity contribution in [2.45, 2.75) is 12.5 Å². The molecule has 0 aromatic heterocycles. The second-order valence-electron chi connectivity index (χ2n) is 3.36. The van der Waals surface area contributed by atoms with E-state index in [1.54, 1.807) is 12.1 Å². The van der Waals surface area contributed by atoms with Crippen molar-refractivity contribution >= 4 is 12.0 Å². The van der Waals surface area contributed by atoms with Crippen LogP contribution in [-0.4, -0.2) is 22.3 Å². The first-order chi connectivity index (χ1) is 7.65. The van der Waals surface area contributed by atoms with E-state index in [1.165, 1.54) is 12.2 Å². The average molecular weight is 218 g/mol. The lowest BCUT2D eigenvalue weighted by molar-refractivity contribution is -0.133. The van der Waals surface area contributed by atoms with Gasteiger partial charge in [-0.2, -0.15) is 0 Å². The summed E-state index contributed by atoms with van der Waals surface area (Å²) in [5.41, 5.74) is 0.731. The molecule has 1 unspecified atom stereocenters. The fourth-order valence-corrected chi connectivity index (χ4v) is 1.31. The van der Waals surface area contributed by atoms with Crippen molar-refractivity contribution in [3.8, 4) is 0 Å². The Morgan fingerprint density at radius 2 is 2.00 bits per heavy atom. The van der Waals surface area contributed by atoms with Crippen LogP contribution in [0.5, 0.6) is 0 Å². The normalized spacial score (nSPS) is 13.2. The van der Waals surface area contributed by atoms with E-state index in [0.29, 0.717) is 0 Å². The van der Waals surface area contributed by atoms with Crippen LogP contribution in [0.15, 0.2) is 48.6 Å². The van der Waals surface area contributed by atoms with Crippen molar-refractivity contribution in [2.24, 2.45) is 0 Å². The molecule has 0 radical (unpaired) electrons. The standard InChI is InChI=1S/C13H14O3/c1-2-6-12(14)11(13(15)16)9-10-7-4-3-5-8-10/h2-5,7-9,12,14H,1,6H2,(H,15,16). The molecule has 1 aromatic carbocycles. The number of carboxylic acid groups (broad SMARTS) is 1. The van der Waals surface area contributed by atoms with E-state index in [4.69, 9.17) is 5.11 Å². The third-order valence-electron chi connectivity index (χ3n) is 2.12. The SMILES string of the molecule is C=CCC(O)C(=Cc1ccccc1)C(=O)O. The Morgan fingerprint density at radius 3 is 2.50 bits per heavy atom. The first kappa shape index (κ1) is 12.2. The van der Waals surface area contributed by atoms with E-state index in [-0.39, 0.29) is 12.0 Å². The number of carboxylic acids is 1. The Labute approximate surface area is 94.4 Å². The van der Waals surface area contributed by atoms with E-state index in [9.17, 15) is 9.90 Å². The summed E-state index contributed by atoms with van der Waals surface area (Å²) in [6, 6.07) is 9.03. The Hall–Kier alpha value is -1.87. The first-order valence-electron chi connectivity index (χ1n) is 4.94. The predicted octanol–water partition coefficient (Wildman–Crippen LogP) is 2.09. The number of aliphatic hydroxyl groups is 1. The van der Waals surface area contributed by atoms with Crippen molar-refractivity contribution in [2.75, 3.05) is 0 Å². The third-order valence-corrected chi connectivity index (χ3v) is 2.12. The van der Waals surface area contributed by atoms with Crippen LogP contribution in [0.3, 0.4) is 0 Å². The molecule has 0 aliphatic carbocycles. The first-order valence-corrected chi connectivity index (χ1v) is 4.94. The van der Waals surface area contributed by atoms with Crippen LogP contribution in [0, 0.1) is 0 Å². The summed E-state index contributed by atoms with van der Waals surface area (Å²) < 4.78 is 0. The molecule has 0 spiro atoms. The number of rotatable bonds is 5. The van der Waals surface area contributed by atoms with Crippen LogP contribution >= 0.6 is 0 Å². The zero-order chi connectivity index (χ0) is 12.0. The van der Waals surface area contributed by atoms with Crippen LogP contribution in [0.4, 0.5) is 0 Å². The Balaban J connectivity index is 2.98. The molecule has 3 nitrogen and oxygen atoms in total. The lowest BCUT2D eigenvalue weighted by atomic mass is 10.0. The minimum atomic E-state index is -1.11. The molecule has 1 atom stereocenters. The van der Waals surface area contributed by atoms with Crippen LogP contribution < -0.4 is 0 Å². The number of carbonyl (C=O) groups is 1. The summed E-state index contributed by atoms with van der Waals surface area (Å²) in [5.74, 6) is -1.11. The van der Waals surface area contributed by atoms with E-state index < -0.39 is 12.1 Å². The highest BCUT2D eigenvalue weighted by atomic mass is 16.4. The smallest absolute Gasteiger partial charge is 0.334 e. The van der Waals surface area contributed by atoms with Gasteiger partial charge in [-0.1, -0.05) is 36.4 Å². The highest BCUT2D eigenvalue weighted by Gasteiger charge is 2.16. The van der Waals surface area contributed by atoms with E-state index >= 15 is 0 Å². The lowest BCUT2D eigenvalue weighted by Crippen LogP contribution is -2.16. The molecule has 2 N–H and O–H groups in total. The summed E-state index contributed by atoms with van der Waals surface area (Å²) in [6.45, 7) is 3.47. The zero-order valence-electron chi connectivity index (χ0n) is 8.84. The number of benzene rings is 1. The molecular formula is C13H14O3. The zero-order valence-corrected chi connectivity index (χ0v) is 8.84. The van der Waals surface area contributed by atoms with Crippen molar-refractivity contribution in [1.29, 1.82) is 0 Å². The summed E-state index contributed by atoms with van der Waals surface area (Å²) in [5, 5.41) is 18.6. The third kappa shape index (κ3) is 3.37. The van der Waals surface area contributed by atoms with Gasteiger partial charge < -0.3 is 10.2 Å². The minimum Gasteiger partial charge on any atom is -0.478 e. The monoisotopic (exact) mass is 218 g/mol. The van der Waals surface area contributed by atoms with Gasteiger partial charge in [0.05, 0.1) is 11.7 Å². The maximum atomic E-state index is 11.0. The summed E-state index contributed by atoms with van der Waals surface area (Å²) >= 11 is 0. The Morgan fingerprint density at radius 1 is 1.38 bits per heavy atom. The van der Waals surface area contributed by atoms with Gasteiger partial charge in [0.15, 0.2) is 0 Å². The van der Waals surface area contributed by atoms with Gasteiger partial charge in [0.2, 0.25) is 0 Å². The van der Waals surface area contributed by atoms with Crippen molar-refractivity contribution in [3.63, 3.8) is 0 Å². The van der Waals surface area contributed by atoms with Crippen molar-refractivity contribution in [3.05, 3.63) is 54.1 Å². The molecule has 3 heteroatoms. The topological polar surface area (TPSA) is 57.5 Å².